The van der Waals surface area contributed by atoms with Crippen molar-refractivity contribution in [2.75, 3.05) is 6.54 Å². The van der Waals surface area contributed by atoms with Crippen LogP contribution in [0.4, 0.5) is 0 Å². The van der Waals surface area contributed by atoms with E-state index in [0.717, 1.165) is 0 Å². The van der Waals surface area contributed by atoms with Crippen LogP contribution in [0.1, 0.15) is 48.0 Å². The van der Waals surface area contributed by atoms with E-state index in [1.165, 1.54) is 0 Å². The predicted octanol–water partition coefficient (Wildman–Crippen LogP) is 1.40. The van der Waals surface area contributed by atoms with Crippen LogP contribution in [0.15, 0.2) is 0 Å². The number of carbonyl (C=O) groups is 3. The number of rotatable bonds is 8. The highest BCUT2D eigenvalue weighted by molar-refractivity contribution is 5.89. The number of carbonyl (C=O) groups excluding carboxylic acids is 2. The first-order chi connectivity index (χ1) is 9.50. The fraction of sp³-hybridized carbons (Fsp3) is 0.800. The van der Waals surface area contributed by atoms with E-state index >= 15 is 0 Å². The largest absolute Gasteiger partial charge is 0.481 e. The van der Waals surface area contributed by atoms with Crippen LogP contribution >= 0.6 is 0 Å². The molecule has 2 unspecified atom stereocenters. The van der Waals surface area contributed by atoms with Gasteiger partial charge in [0.05, 0.1) is 5.41 Å². The zero-order valence-electron chi connectivity index (χ0n) is 13.8. The van der Waals surface area contributed by atoms with Crippen molar-refractivity contribution in [2.24, 2.45) is 17.3 Å². The molecular weight excluding hydrogens is 272 g/mol. The topological polar surface area (TPSA) is 95.5 Å². The number of amides is 2. The molecule has 6 nitrogen and oxygen atoms in total. The molecule has 0 spiro atoms. The molecule has 0 aromatic carbocycles. The lowest BCUT2D eigenvalue weighted by Gasteiger charge is -2.28. The Bertz CT molecular complexity index is 393. The fourth-order valence-electron chi connectivity index (χ4n) is 1.68. The van der Waals surface area contributed by atoms with Crippen molar-refractivity contribution in [1.29, 1.82) is 0 Å². The minimum Gasteiger partial charge on any atom is -0.481 e. The first kappa shape index (κ1) is 19.4. The standard InChI is InChI=1S/C15H28N2O4/c1-9(2)8-16-13(19)11(5)17-12(18)7-15(6,10(3)4)14(20)21/h9-11H,7-8H2,1-6H3,(H,16,19)(H,17,18)(H,20,21). The molecule has 21 heavy (non-hydrogen) atoms. The molecule has 0 heterocycles. The predicted molar refractivity (Wildman–Crippen MR) is 80.7 cm³/mol. The summed E-state index contributed by atoms with van der Waals surface area (Å²) in [6.07, 6.45) is -0.151. The minimum atomic E-state index is -1.14. The Kier molecular flexibility index (Phi) is 7.39. The average Bonchev–Trinajstić information content (AvgIpc) is 2.34. The molecule has 0 rings (SSSR count). The Morgan fingerprint density at radius 2 is 1.62 bits per heavy atom. The summed E-state index contributed by atoms with van der Waals surface area (Å²) in [7, 11) is 0. The van der Waals surface area contributed by atoms with Crippen LogP contribution in [0.25, 0.3) is 0 Å². The number of hydrogen-bond donors (Lipinski definition) is 3. The molecule has 122 valence electrons. The molecule has 0 aliphatic heterocycles. The Morgan fingerprint density at radius 1 is 1.10 bits per heavy atom. The van der Waals surface area contributed by atoms with Crippen LogP contribution in [0.3, 0.4) is 0 Å². The van der Waals surface area contributed by atoms with Gasteiger partial charge in [-0.2, -0.15) is 0 Å². The molecule has 3 N–H and O–H groups in total. The van der Waals surface area contributed by atoms with E-state index < -0.39 is 23.3 Å². The van der Waals surface area contributed by atoms with Crippen molar-refractivity contribution in [1.82, 2.24) is 10.6 Å². The second kappa shape index (κ2) is 8.00. The summed E-state index contributed by atoms with van der Waals surface area (Å²) in [6.45, 7) is 11.2. The van der Waals surface area contributed by atoms with Crippen molar-refractivity contribution in [3.8, 4) is 0 Å². The monoisotopic (exact) mass is 300 g/mol. The first-order valence-corrected chi connectivity index (χ1v) is 7.31. The number of hydrogen-bond acceptors (Lipinski definition) is 3. The lowest BCUT2D eigenvalue weighted by Crippen LogP contribution is -2.48. The van der Waals surface area contributed by atoms with Gasteiger partial charge in [-0.1, -0.05) is 27.7 Å². The van der Waals surface area contributed by atoms with Crippen LogP contribution in [-0.4, -0.2) is 35.5 Å². The molecule has 6 heteroatoms. The highest BCUT2D eigenvalue weighted by Crippen LogP contribution is 2.31. The Morgan fingerprint density at radius 3 is 2.00 bits per heavy atom. The van der Waals surface area contributed by atoms with E-state index in [0.29, 0.717) is 12.5 Å². The summed E-state index contributed by atoms with van der Waals surface area (Å²) in [6, 6.07) is -0.679. The maximum absolute atomic E-state index is 12.0. The molecule has 0 aliphatic rings. The molecule has 0 aromatic heterocycles. The van der Waals surface area contributed by atoms with Gasteiger partial charge in [0.15, 0.2) is 0 Å². The molecule has 0 bridgehead atoms. The molecule has 0 saturated heterocycles. The molecule has 2 amide bonds. The Labute approximate surface area is 126 Å². The van der Waals surface area contributed by atoms with E-state index in [9.17, 15) is 19.5 Å². The lowest BCUT2D eigenvalue weighted by atomic mass is 9.76. The van der Waals surface area contributed by atoms with Crippen LogP contribution in [0.5, 0.6) is 0 Å². The van der Waals surface area contributed by atoms with Gasteiger partial charge in [0, 0.05) is 13.0 Å². The van der Waals surface area contributed by atoms with Gasteiger partial charge in [0.2, 0.25) is 11.8 Å². The number of carboxylic acids is 1. The van der Waals surface area contributed by atoms with Gasteiger partial charge in [0.1, 0.15) is 6.04 Å². The first-order valence-electron chi connectivity index (χ1n) is 7.31. The van der Waals surface area contributed by atoms with Gasteiger partial charge in [-0.3, -0.25) is 14.4 Å². The molecule has 0 aromatic rings. The zero-order chi connectivity index (χ0) is 16.8. The van der Waals surface area contributed by atoms with Crippen LogP contribution < -0.4 is 10.6 Å². The van der Waals surface area contributed by atoms with E-state index in [4.69, 9.17) is 0 Å². The third-order valence-electron chi connectivity index (χ3n) is 3.75. The molecular formula is C15H28N2O4. The van der Waals surface area contributed by atoms with Crippen LogP contribution in [0.2, 0.25) is 0 Å². The zero-order valence-corrected chi connectivity index (χ0v) is 13.8. The van der Waals surface area contributed by atoms with Gasteiger partial charge in [-0.25, -0.2) is 0 Å². The SMILES string of the molecule is CC(C)CNC(=O)C(C)NC(=O)CC(C)(C(=O)O)C(C)C. The minimum absolute atomic E-state index is 0.151. The highest BCUT2D eigenvalue weighted by Gasteiger charge is 2.39. The van der Waals surface area contributed by atoms with Crippen LogP contribution in [0, 0.1) is 17.3 Å². The van der Waals surface area contributed by atoms with Crippen molar-refractivity contribution >= 4 is 17.8 Å². The quantitative estimate of drug-likeness (QED) is 0.631. The van der Waals surface area contributed by atoms with E-state index in [1.807, 2.05) is 13.8 Å². The average molecular weight is 300 g/mol. The third-order valence-corrected chi connectivity index (χ3v) is 3.75. The number of nitrogens with one attached hydrogen (secondary N) is 2. The second-order valence-electron chi connectivity index (χ2n) is 6.48. The van der Waals surface area contributed by atoms with E-state index in [2.05, 4.69) is 10.6 Å². The number of carboxylic acid groups (broad SMARTS) is 1. The summed E-state index contributed by atoms with van der Waals surface area (Å²) in [5.41, 5.74) is -1.14. The van der Waals surface area contributed by atoms with Gasteiger partial charge < -0.3 is 15.7 Å². The molecule has 2 atom stereocenters. The highest BCUT2D eigenvalue weighted by atomic mass is 16.4. The van der Waals surface area contributed by atoms with Crippen molar-refractivity contribution < 1.29 is 19.5 Å². The molecule has 0 radical (unpaired) electrons. The van der Waals surface area contributed by atoms with Gasteiger partial charge in [0.25, 0.3) is 0 Å². The van der Waals surface area contributed by atoms with Gasteiger partial charge in [-0.05, 0) is 25.7 Å². The smallest absolute Gasteiger partial charge is 0.310 e. The van der Waals surface area contributed by atoms with E-state index in [-0.39, 0.29) is 18.2 Å². The Hall–Kier alpha value is -1.59. The van der Waals surface area contributed by atoms with Crippen molar-refractivity contribution in [3.05, 3.63) is 0 Å². The fourth-order valence-corrected chi connectivity index (χ4v) is 1.68. The molecule has 0 saturated carbocycles. The van der Waals surface area contributed by atoms with Crippen molar-refractivity contribution in [3.63, 3.8) is 0 Å². The summed E-state index contributed by atoms with van der Waals surface area (Å²) < 4.78 is 0. The normalized spacial score (nSPS) is 15.4. The molecule has 0 aliphatic carbocycles. The third kappa shape index (κ3) is 6.14. The van der Waals surface area contributed by atoms with Crippen LogP contribution in [-0.2, 0) is 14.4 Å². The maximum Gasteiger partial charge on any atom is 0.310 e. The van der Waals surface area contributed by atoms with Crippen molar-refractivity contribution in [2.45, 2.75) is 54.0 Å². The second-order valence-corrected chi connectivity index (χ2v) is 6.48. The van der Waals surface area contributed by atoms with Gasteiger partial charge >= 0.3 is 5.97 Å². The summed E-state index contributed by atoms with van der Waals surface area (Å²) in [5, 5.41) is 14.6. The number of aliphatic carboxylic acids is 1. The summed E-state index contributed by atoms with van der Waals surface area (Å²) in [5.74, 6) is -1.57. The molecule has 0 fully saturated rings. The lowest BCUT2D eigenvalue weighted by molar-refractivity contribution is -0.153. The summed E-state index contributed by atoms with van der Waals surface area (Å²) in [4.78, 5) is 35.1. The summed E-state index contributed by atoms with van der Waals surface area (Å²) >= 11 is 0. The Balaban J connectivity index is 4.55. The van der Waals surface area contributed by atoms with E-state index in [1.54, 1.807) is 27.7 Å². The maximum atomic E-state index is 12.0. The van der Waals surface area contributed by atoms with Gasteiger partial charge in [-0.15, -0.1) is 0 Å².